The van der Waals surface area contributed by atoms with E-state index in [4.69, 9.17) is 11.6 Å². The standard InChI is InChI=1S/C12H19ClN4/c1-16(2)11-4-3-5-17(9-11)12-8-14-7-10(6-13)15-12/h7-8,11H,3-6,9H2,1-2H3. The summed E-state index contributed by atoms with van der Waals surface area (Å²) in [6.45, 7) is 2.08. The van der Waals surface area contributed by atoms with Crippen molar-refractivity contribution < 1.29 is 0 Å². The third-order valence-electron chi connectivity index (χ3n) is 3.26. The van der Waals surface area contributed by atoms with E-state index in [9.17, 15) is 0 Å². The Morgan fingerprint density at radius 1 is 1.47 bits per heavy atom. The third kappa shape index (κ3) is 3.07. The van der Waals surface area contributed by atoms with Gasteiger partial charge < -0.3 is 9.80 Å². The summed E-state index contributed by atoms with van der Waals surface area (Å²) < 4.78 is 0. The first kappa shape index (κ1) is 12.6. The lowest BCUT2D eigenvalue weighted by molar-refractivity contribution is 0.257. The molecule has 1 aliphatic rings. The number of alkyl halides is 1. The van der Waals surface area contributed by atoms with Crippen molar-refractivity contribution in [1.29, 1.82) is 0 Å². The van der Waals surface area contributed by atoms with Gasteiger partial charge in [-0.2, -0.15) is 0 Å². The zero-order valence-electron chi connectivity index (χ0n) is 10.4. The van der Waals surface area contributed by atoms with E-state index < -0.39 is 0 Å². The van der Waals surface area contributed by atoms with Gasteiger partial charge in [-0.05, 0) is 26.9 Å². The minimum Gasteiger partial charge on any atom is -0.354 e. The van der Waals surface area contributed by atoms with Gasteiger partial charge in [0.15, 0.2) is 0 Å². The molecule has 0 saturated carbocycles. The largest absolute Gasteiger partial charge is 0.354 e. The van der Waals surface area contributed by atoms with E-state index in [1.807, 2.05) is 6.20 Å². The van der Waals surface area contributed by atoms with Gasteiger partial charge in [0.1, 0.15) is 5.82 Å². The molecule has 2 rings (SSSR count). The van der Waals surface area contributed by atoms with Crippen LogP contribution in [0.3, 0.4) is 0 Å². The van der Waals surface area contributed by atoms with Gasteiger partial charge in [0.05, 0.1) is 17.8 Å². The van der Waals surface area contributed by atoms with Crippen molar-refractivity contribution in [1.82, 2.24) is 14.9 Å². The topological polar surface area (TPSA) is 32.3 Å². The molecule has 1 aliphatic heterocycles. The molecule has 1 fully saturated rings. The predicted molar refractivity (Wildman–Crippen MR) is 70.5 cm³/mol. The fourth-order valence-electron chi connectivity index (χ4n) is 2.20. The van der Waals surface area contributed by atoms with Crippen LogP contribution in [0.15, 0.2) is 12.4 Å². The van der Waals surface area contributed by atoms with Crippen LogP contribution in [0, 0.1) is 0 Å². The molecule has 1 unspecified atom stereocenters. The maximum absolute atomic E-state index is 5.79. The minimum absolute atomic E-state index is 0.422. The molecule has 0 aromatic carbocycles. The fourth-order valence-corrected chi connectivity index (χ4v) is 2.32. The molecule has 0 N–H and O–H groups in total. The van der Waals surface area contributed by atoms with Gasteiger partial charge in [0.25, 0.3) is 0 Å². The van der Waals surface area contributed by atoms with Crippen LogP contribution in [-0.2, 0) is 5.88 Å². The van der Waals surface area contributed by atoms with Crippen molar-refractivity contribution in [3.8, 4) is 0 Å². The molecule has 0 amide bonds. The average Bonchev–Trinajstić information content (AvgIpc) is 2.39. The summed E-state index contributed by atoms with van der Waals surface area (Å²) in [4.78, 5) is 13.3. The zero-order chi connectivity index (χ0) is 12.3. The van der Waals surface area contributed by atoms with Crippen LogP contribution in [0.2, 0.25) is 0 Å². The SMILES string of the molecule is CN(C)C1CCCN(c2cncc(CCl)n2)C1. The molecule has 17 heavy (non-hydrogen) atoms. The summed E-state index contributed by atoms with van der Waals surface area (Å²) in [5.74, 6) is 1.38. The smallest absolute Gasteiger partial charge is 0.147 e. The highest BCUT2D eigenvalue weighted by Crippen LogP contribution is 2.19. The minimum atomic E-state index is 0.422. The lowest BCUT2D eigenvalue weighted by Crippen LogP contribution is -2.45. The molecule has 94 valence electrons. The van der Waals surface area contributed by atoms with Gasteiger partial charge in [-0.3, -0.25) is 4.98 Å². The Morgan fingerprint density at radius 3 is 3.00 bits per heavy atom. The highest BCUT2D eigenvalue weighted by Gasteiger charge is 2.22. The van der Waals surface area contributed by atoms with Gasteiger partial charge >= 0.3 is 0 Å². The molecular formula is C12H19ClN4. The number of hydrogen-bond donors (Lipinski definition) is 0. The molecule has 0 radical (unpaired) electrons. The number of anilines is 1. The molecule has 2 heterocycles. The van der Waals surface area contributed by atoms with Gasteiger partial charge in [-0.1, -0.05) is 0 Å². The van der Waals surface area contributed by atoms with Crippen LogP contribution >= 0.6 is 11.6 Å². The molecule has 1 aromatic heterocycles. The van der Waals surface area contributed by atoms with E-state index in [0.717, 1.165) is 24.6 Å². The van der Waals surface area contributed by atoms with Gasteiger partial charge in [-0.15, -0.1) is 11.6 Å². The number of halogens is 1. The number of hydrogen-bond acceptors (Lipinski definition) is 4. The summed E-state index contributed by atoms with van der Waals surface area (Å²) in [5, 5.41) is 0. The van der Waals surface area contributed by atoms with Gasteiger partial charge in [-0.25, -0.2) is 4.98 Å². The Hall–Kier alpha value is -0.870. The van der Waals surface area contributed by atoms with Crippen molar-refractivity contribution in [3.05, 3.63) is 18.1 Å². The summed E-state index contributed by atoms with van der Waals surface area (Å²) in [6, 6.07) is 0.602. The first-order chi connectivity index (χ1) is 8.20. The molecule has 0 aliphatic carbocycles. The van der Waals surface area contributed by atoms with Crippen molar-refractivity contribution in [2.45, 2.75) is 24.8 Å². The van der Waals surface area contributed by atoms with E-state index in [2.05, 4.69) is 33.9 Å². The molecule has 1 aromatic rings. The van der Waals surface area contributed by atoms with Crippen LogP contribution in [0.25, 0.3) is 0 Å². The van der Waals surface area contributed by atoms with E-state index in [-0.39, 0.29) is 0 Å². The molecule has 1 saturated heterocycles. The molecule has 0 spiro atoms. The van der Waals surface area contributed by atoms with Gasteiger partial charge in [0.2, 0.25) is 0 Å². The summed E-state index contributed by atoms with van der Waals surface area (Å²) in [7, 11) is 4.27. The van der Waals surface area contributed by atoms with E-state index >= 15 is 0 Å². The normalized spacial score (nSPS) is 20.9. The number of aromatic nitrogens is 2. The van der Waals surface area contributed by atoms with E-state index in [1.54, 1.807) is 6.20 Å². The Bertz CT molecular complexity index is 369. The molecular weight excluding hydrogens is 236 g/mol. The third-order valence-corrected chi connectivity index (χ3v) is 3.53. The Kier molecular flexibility index (Phi) is 4.18. The van der Waals surface area contributed by atoms with Crippen LogP contribution in [0.5, 0.6) is 0 Å². The number of piperidine rings is 1. The second-order valence-electron chi connectivity index (χ2n) is 4.71. The number of rotatable bonds is 3. The summed E-state index contributed by atoms with van der Waals surface area (Å²) in [6.07, 6.45) is 6.01. The number of likely N-dealkylation sites (N-methyl/N-ethyl adjacent to an activating group) is 1. The first-order valence-corrected chi connectivity index (χ1v) is 6.52. The first-order valence-electron chi connectivity index (χ1n) is 5.99. The van der Waals surface area contributed by atoms with Crippen molar-refractivity contribution in [2.24, 2.45) is 0 Å². The van der Waals surface area contributed by atoms with E-state index in [1.165, 1.54) is 12.8 Å². The molecule has 4 nitrogen and oxygen atoms in total. The monoisotopic (exact) mass is 254 g/mol. The Morgan fingerprint density at radius 2 is 2.29 bits per heavy atom. The summed E-state index contributed by atoms with van der Waals surface area (Å²) >= 11 is 5.79. The van der Waals surface area contributed by atoms with Crippen LogP contribution < -0.4 is 4.90 Å². The highest BCUT2D eigenvalue weighted by atomic mass is 35.5. The van der Waals surface area contributed by atoms with Crippen LogP contribution in [0.4, 0.5) is 5.82 Å². The quantitative estimate of drug-likeness (QED) is 0.770. The van der Waals surface area contributed by atoms with Crippen LogP contribution in [-0.4, -0.2) is 48.1 Å². The Labute approximate surface area is 108 Å². The predicted octanol–water partition coefficient (Wildman–Crippen LogP) is 1.75. The van der Waals surface area contributed by atoms with Crippen molar-refractivity contribution in [2.75, 3.05) is 32.1 Å². The molecule has 1 atom stereocenters. The second kappa shape index (κ2) is 5.65. The van der Waals surface area contributed by atoms with Crippen molar-refractivity contribution >= 4 is 17.4 Å². The average molecular weight is 255 g/mol. The maximum atomic E-state index is 5.79. The molecule has 5 heteroatoms. The highest BCUT2D eigenvalue weighted by molar-refractivity contribution is 6.16. The lowest BCUT2D eigenvalue weighted by Gasteiger charge is -2.36. The summed E-state index contributed by atoms with van der Waals surface area (Å²) in [5.41, 5.74) is 0.844. The Balaban J connectivity index is 2.10. The number of nitrogens with zero attached hydrogens (tertiary/aromatic N) is 4. The zero-order valence-corrected chi connectivity index (χ0v) is 11.2. The van der Waals surface area contributed by atoms with Gasteiger partial charge in [0, 0.05) is 25.3 Å². The maximum Gasteiger partial charge on any atom is 0.147 e. The second-order valence-corrected chi connectivity index (χ2v) is 4.98. The lowest BCUT2D eigenvalue weighted by atomic mass is 10.1. The fraction of sp³-hybridized carbons (Fsp3) is 0.667. The van der Waals surface area contributed by atoms with Crippen LogP contribution in [0.1, 0.15) is 18.5 Å². The molecule has 0 bridgehead atoms. The van der Waals surface area contributed by atoms with E-state index in [0.29, 0.717) is 11.9 Å². The van der Waals surface area contributed by atoms with Crippen molar-refractivity contribution in [3.63, 3.8) is 0 Å².